The number of para-hydroxylation sites is 1. The fraction of sp³-hybridized carbons (Fsp3) is 0.400. The highest BCUT2D eigenvalue weighted by molar-refractivity contribution is 7.42. The molecule has 0 saturated carbocycles. The van der Waals surface area contributed by atoms with Crippen LogP contribution in [0.4, 0.5) is 0 Å². The number of halogens is 2. The average molecular weight is 283 g/mol. The molecule has 0 bridgehead atoms. The van der Waals surface area contributed by atoms with Gasteiger partial charge in [0.25, 0.3) is 0 Å². The topological polar surface area (TPSA) is 27.7 Å². The first-order chi connectivity index (χ1) is 7.86. The molecule has 0 radical (unpaired) electrons. The van der Waals surface area contributed by atoms with Gasteiger partial charge in [0.15, 0.2) is 0 Å². The molecule has 0 aliphatic heterocycles. The molecule has 0 heterocycles. The minimum atomic E-state index is -1.42. The smallest absolute Gasteiger partial charge is 0.397 e. The minimum Gasteiger partial charge on any atom is -0.427 e. The van der Waals surface area contributed by atoms with Crippen molar-refractivity contribution < 1.29 is 13.6 Å². The molecule has 0 unspecified atom stereocenters. The summed E-state index contributed by atoms with van der Waals surface area (Å²) in [6.07, 6.45) is 0. The molecule has 0 fully saturated rings. The molecule has 0 aliphatic carbocycles. The summed E-state index contributed by atoms with van der Waals surface area (Å²) in [6.45, 7) is 0.782. The normalized spacial score (nSPS) is 10.7. The van der Waals surface area contributed by atoms with Gasteiger partial charge in [0.05, 0.1) is 13.2 Å². The Kier molecular flexibility index (Phi) is 7.91. The van der Waals surface area contributed by atoms with Crippen molar-refractivity contribution >= 4 is 31.8 Å². The average Bonchev–Trinajstić information content (AvgIpc) is 2.34. The molecule has 90 valence electrons. The van der Waals surface area contributed by atoms with Crippen LogP contribution in [0.3, 0.4) is 0 Å². The van der Waals surface area contributed by atoms with Crippen LogP contribution >= 0.6 is 31.8 Å². The van der Waals surface area contributed by atoms with Gasteiger partial charge in [-0.25, -0.2) is 0 Å². The highest BCUT2D eigenvalue weighted by atomic mass is 35.5. The Bertz CT molecular complexity index is 266. The zero-order valence-electron chi connectivity index (χ0n) is 8.64. The van der Waals surface area contributed by atoms with Gasteiger partial charge < -0.3 is 13.6 Å². The van der Waals surface area contributed by atoms with Gasteiger partial charge in [0, 0.05) is 11.8 Å². The molecule has 0 spiro atoms. The van der Waals surface area contributed by atoms with E-state index in [0.717, 1.165) is 0 Å². The molecular formula is C10H13Cl2O3P. The van der Waals surface area contributed by atoms with E-state index in [0.29, 0.717) is 30.7 Å². The Balaban J connectivity index is 2.42. The summed E-state index contributed by atoms with van der Waals surface area (Å²) in [5, 5.41) is 0. The first-order valence-corrected chi connectivity index (χ1v) is 6.94. The maximum Gasteiger partial charge on any atom is 0.397 e. The van der Waals surface area contributed by atoms with Crippen LogP contribution < -0.4 is 4.52 Å². The molecule has 0 aliphatic rings. The van der Waals surface area contributed by atoms with E-state index in [4.69, 9.17) is 36.8 Å². The fourth-order valence-electron chi connectivity index (χ4n) is 0.875. The zero-order chi connectivity index (χ0) is 11.6. The predicted octanol–water partition coefficient (Wildman–Crippen LogP) is 3.80. The maximum atomic E-state index is 5.53. The fourth-order valence-corrected chi connectivity index (χ4v) is 2.20. The van der Waals surface area contributed by atoms with Crippen molar-refractivity contribution in [1.29, 1.82) is 0 Å². The van der Waals surface area contributed by atoms with Crippen molar-refractivity contribution in [3.8, 4) is 5.75 Å². The highest BCUT2D eigenvalue weighted by Gasteiger charge is 2.13. The van der Waals surface area contributed by atoms with E-state index in [-0.39, 0.29) is 0 Å². The predicted molar refractivity (Wildman–Crippen MR) is 67.3 cm³/mol. The van der Waals surface area contributed by atoms with Crippen molar-refractivity contribution in [3.05, 3.63) is 30.3 Å². The third kappa shape index (κ3) is 5.88. The van der Waals surface area contributed by atoms with Crippen molar-refractivity contribution in [1.82, 2.24) is 0 Å². The summed E-state index contributed by atoms with van der Waals surface area (Å²) in [5.41, 5.74) is 0. The first kappa shape index (κ1) is 14.0. The van der Waals surface area contributed by atoms with E-state index >= 15 is 0 Å². The lowest BCUT2D eigenvalue weighted by molar-refractivity contribution is 0.223. The van der Waals surface area contributed by atoms with E-state index < -0.39 is 8.60 Å². The van der Waals surface area contributed by atoms with Gasteiger partial charge in [-0.3, -0.25) is 0 Å². The quantitative estimate of drug-likeness (QED) is 0.536. The summed E-state index contributed by atoms with van der Waals surface area (Å²) in [7, 11) is -1.42. The van der Waals surface area contributed by atoms with Crippen LogP contribution in [-0.4, -0.2) is 25.0 Å². The Hall–Kier alpha value is -0.0500. The Morgan fingerprint density at radius 1 is 0.938 bits per heavy atom. The van der Waals surface area contributed by atoms with Gasteiger partial charge in [-0.2, -0.15) is 0 Å². The lowest BCUT2D eigenvalue weighted by Gasteiger charge is -2.15. The number of hydrogen-bond acceptors (Lipinski definition) is 3. The van der Waals surface area contributed by atoms with E-state index in [1.165, 1.54) is 0 Å². The van der Waals surface area contributed by atoms with Crippen LogP contribution in [0.1, 0.15) is 0 Å². The van der Waals surface area contributed by atoms with Crippen LogP contribution in [0, 0.1) is 0 Å². The van der Waals surface area contributed by atoms with Gasteiger partial charge in [-0.1, -0.05) is 18.2 Å². The van der Waals surface area contributed by atoms with Gasteiger partial charge in [0.2, 0.25) is 0 Å². The molecule has 1 rings (SSSR count). The number of rotatable bonds is 8. The summed E-state index contributed by atoms with van der Waals surface area (Å²) in [4.78, 5) is 0. The molecular weight excluding hydrogens is 270 g/mol. The first-order valence-electron chi connectivity index (χ1n) is 4.77. The van der Waals surface area contributed by atoms with Gasteiger partial charge in [0.1, 0.15) is 5.75 Å². The van der Waals surface area contributed by atoms with E-state index in [1.807, 2.05) is 30.3 Å². The van der Waals surface area contributed by atoms with Crippen LogP contribution in [-0.2, 0) is 9.05 Å². The minimum absolute atomic E-state index is 0.391. The van der Waals surface area contributed by atoms with Crippen LogP contribution in [0.5, 0.6) is 5.75 Å². The molecule has 1 aromatic carbocycles. The highest BCUT2D eigenvalue weighted by Crippen LogP contribution is 2.40. The van der Waals surface area contributed by atoms with Gasteiger partial charge in [-0.05, 0) is 12.1 Å². The lowest BCUT2D eigenvalue weighted by Crippen LogP contribution is -2.01. The van der Waals surface area contributed by atoms with Gasteiger partial charge >= 0.3 is 8.60 Å². The molecule has 6 heteroatoms. The van der Waals surface area contributed by atoms with Gasteiger partial charge in [-0.15, -0.1) is 23.2 Å². The van der Waals surface area contributed by atoms with Crippen LogP contribution in [0.25, 0.3) is 0 Å². The second kappa shape index (κ2) is 9.03. The Labute approximate surface area is 107 Å². The third-order valence-corrected chi connectivity index (χ3v) is 2.93. The standard InChI is InChI=1S/C10H13Cl2O3P/c11-6-8-13-16(14-9-7-12)15-10-4-2-1-3-5-10/h1-5H,6-9H2. The molecule has 0 saturated heterocycles. The summed E-state index contributed by atoms with van der Waals surface area (Å²) >= 11 is 11.1. The molecule has 0 aromatic heterocycles. The molecule has 1 aromatic rings. The second-order valence-electron chi connectivity index (χ2n) is 2.67. The summed E-state index contributed by atoms with van der Waals surface area (Å²) in [6, 6.07) is 9.35. The Morgan fingerprint density at radius 3 is 2.00 bits per heavy atom. The summed E-state index contributed by atoms with van der Waals surface area (Å²) < 4.78 is 16.2. The molecule has 0 N–H and O–H groups in total. The van der Waals surface area contributed by atoms with Crippen molar-refractivity contribution in [2.45, 2.75) is 0 Å². The molecule has 0 atom stereocenters. The monoisotopic (exact) mass is 282 g/mol. The number of alkyl halides is 2. The van der Waals surface area contributed by atoms with Crippen molar-refractivity contribution in [2.24, 2.45) is 0 Å². The van der Waals surface area contributed by atoms with Crippen molar-refractivity contribution in [2.75, 3.05) is 25.0 Å². The van der Waals surface area contributed by atoms with E-state index in [2.05, 4.69) is 0 Å². The molecule has 3 nitrogen and oxygen atoms in total. The third-order valence-electron chi connectivity index (χ3n) is 1.47. The zero-order valence-corrected chi connectivity index (χ0v) is 11.0. The lowest BCUT2D eigenvalue weighted by atomic mass is 10.3. The summed E-state index contributed by atoms with van der Waals surface area (Å²) in [5.74, 6) is 1.51. The second-order valence-corrected chi connectivity index (χ2v) is 4.57. The maximum absolute atomic E-state index is 5.53. The van der Waals surface area contributed by atoms with Crippen LogP contribution in [0.2, 0.25) is 0 Å². The van der Waals surface area contributed by atoms with Crippen molar-refractivity contribution in [3.63, 3.8) is 0 Å². The number of hydrogen-bond donors (Lipinski definition) is 0. The van der Waals surface area contributed by atoms with E-state index in [1.54, 1.807) is 0 Å². The van der Waals surface area contributed by atoms with Crippen LogP contribution in [0.15, 0.2) is 30.3 Å². The molecule has 0 amide bonds. The molecule has 16 heavy (non-hydrogen) atoms. The largest absolute Gasteiger partial charge is 0.427 e. The van der Waals surface area contributed by atoms with E-state index in [9.17, 15) is 0 Å². The Morgan fingerprint density at radius 2 is 1.50 bits per heavy atom. The SMILES string of the molecule is ClCCOP(OCCCl)Oc1ccccc1. The number of benzene rings is 1.